The number of benzene rings is 3. The van der Waals surface area contributed by atoms with E-state index >= 15 is 0 Å². The number of isocyanates is 2. The first-order valence-corrected chi connectivity index (χ1v) is 7.83. The largest absolute Gasteiger partial charge is 0.457 e. The Hall–Kier alpha value is -3.49. The number of halogens is 1. The molecular formula is C20H13ClN2O3. The zero-order chi connectivity index (χ0) is 18.6. The van der Waals surface area contributed by atoms with Crippen LogP contribution in [0.2, 0.25) is 5.02 Å². The molecule has 0 aromatic heterocycles. The van der Waals surface area contributed by atoms with Gasteiger partial charge in [0.05, 0.1) is 11.4 Å². The third-order valence-corrected chi connectivity index (χ3v) is 3.24. The van der Waals surface area contributed by atoms with Gasteiger partial charge in [0.25, 0.3) is 0 Å². The van der Waals surface area contributed by atoms with Crippen LogP contribution in [0.1, 0.15) is 0 Å². The van der Waals surface area contributed by atoms with Crippen LogP contribution in [-0.2, 0) is 9.59 Å². The molecule has 0 aliphatic carbocycles. The van der Waals surface area contributed by atoms with E-state index in [4.69, 9.17) is 16.3 Å². The van der Waals surface area contributed by atoms with Crippen LogP contribution in [0.25, 0.3) is 0 Å². The zero-order valence-corrected chi connectivity index (χ0v) is 14.3. The van der Waals surface area contributed by atoms with Crippen LogP contribution >= 0.6 is 11.6 Å². The molecule has 0 saturated heterocycles. The van der Waals surface area contributed by atoms with Gasteiger partial charge in [0.1, 0.15) is 11.5 Å². The second-order valence-corrected chi connectivity index (χ2v) is 5.23. The van der Waals surface area contributed by atoms with E-state index in [2.05, 4.69) is 9.98 Å². The number of rotatable bonds is 4. The van der Waals surface area contributed by atoms with Gasteiger partial charge in [-0.2, -0.15) is 9.98 Å². The van der Waals surface area contributed by atoms with Gasteiger partial charge in [-0.15, -0.1) is 0 Å². The first kappa shape index (κ1) is 18.8. The van der Waals surface area contributed by atoms with Gasteiger partial charge in [-0.05, 0) is 60.7 Å². The van der Waals surface area contributed by atoms with Crippen molar-refractivity contribution >= 4 is 35.1 Å². The van der Waals surface area contributed by atoms with Crippen LogP contribution in [-0.4, -0.2) is 12.2 Å². The highest BCUT2D eigenvalue weighted by Gasteiger charge is 1.97. The van der Waals surface area contributed by atoms with Gasteiger partial charge < -0.3 is 4.74 Å². The lowest BCUT2D eigenvalue weighted by Crippen LogP contribution is -1.82. The summed E-state index contributed by atoms with van der Waals surface area (Å²) in [5, 5.41) is 0.660. The van der Waals surface area contributed by atoms with Gasteiger partial charge in [-0.25, -0.2) is 9.59 Å². The highest BCUT2D eigenvalue weighted by Crippen LogP contribution is 2.24. The van der Waals surface area contributed by atoms with Crippen molar-refractivity contribution in [1.82, 2.24) is 0 Å². The molecule has 0 spiro atoms. The Morgan fingerprint density at radius 3 is 1.62 bits per heavy atom. The van der Waals surface area contributed by atoms with Crippen molar-refractivity contribution in [3.05, 3.63) is 83.9 Å². The minimum absolute atomic E-state index is 0.545. The van der Waals surface area contributed by atoms with Gasteiger partial charge >= 0.3 is 0 Å². The van der Waals surface area contributed by atoms with Gasteiger partial charge in [0, 0.05) is 5.02 Å². The maximum Gasteiger partial charge on any atom is 0.240 e. The van der Waals surface area contributed by atoms with E-state index in [1.54, 1.807) is 60.7 Å². The van der Waals surface area contributed by atoms with Gasteiger partial charge in [-0.3, -0.25) is 0 Å². The second-order valence-electron chi connectivity index (χ2n) is 4.79. The van der Waals surface area contributed by atoms with Crippen LogP contribution in [0.4, 0.5) is 11.4 Å². The number of ether oxygens (including phenoxy) is 1. The minimum Gasteiger partial charge on any atom is -0.457 e. The second kappa shape index (κ2) is 10.4. The fraction of sp³-hybridized carbons (Fsp3) is 0. The summed E-state index contributed by atoms with van der Waals surface area (Å²) in [6, 6.07) is 22.8. The summed E-state index contributed by atoms with van der Waals surface area (Å²) in [6.07, 6.45) is 2.94. The van der Waals surface area contributed by atoms with E-state index in [1.165, 1.54) is 12.2 Å². The summed E-state index contributed by atoms with van der Waals surface area (Å²) in [6.45, 7) is 0. The van der Waals surface area contributed by atoms with E-state index in [0.29, 0.717) is 27.9 Å². The summed E-state index contributed by atoms with van der Waals surface area (Å²) in [5.74, 6) is 1.36. The normalized spacial score (nSPS) is 8.96. The number of carbonyl (C=O) groups excluding carboxylic acids is 2. The highest BCUT2D eigenvalue weighted by molar-refractivity contribution is 6.30. The molecule has 128 valence electrons. The Bertz CT molecular complexity index is 914. The number of hydrogen-bond acceptors (Lipinski definition) is 5. The Labute approximate surface area is 155 Å². The number of aliphatic imine (C=N–C) groups is 2. The van der Waals surface area contributed by atoms with Gasteiger partial charge in [0.2, 0.25) is 12.2 Å². The lowest BCUT2D eigenvalue weighted by molar-refractivity contribution is 0.483. The van der Waals surface area contributed by atoms with Crippen molar-refractivity contribution in [3.63, 3.8) is 0 Å². The molecule has 3 rings (SSSR count). The van der Waals surface area contributed by atoms with Gasteiger partial charge in [0.15, 0.2) is 0 Å². The molecule has 0 fully saturated rings. The molecule has 0 saturated carbocycles. The third kappa shape index (κ3) is 6.56. The number of nitrogens with zero attached hydrogens (tertiary/aromatic N) is 2. The maximum atomic E-state index is 10.0. The molecule has 0 unspecified atom stereocenters. The fourth-order valence-electron chi connectivity index (χ4n) is 1.84. The van der Waals surface area contributed by atoms with Crippen molar-refractivity contribution in [3.8, 4) is 11.5 Å². The summed E-state index contributed by atoms with van der Waals surface area (Å²) in [4.78, 5) is 26.6. The molecule has 0 amide bonds. The first-order chi connectivity index (χ1) is 12.7. The molecule has 0 aliphatic rings. The molecule has 0 heterocycles. The molecule has 0 bridgehead atoms. The van der Waals surface area contributed by atoms with Gasteiger partial charge in [-0.1, -0.05) is 29.8 Å². The summed E-state index contributed by atoms with van der Waals surface area (Å²) in [7, 11) is 0. The van der Waals surface area contributed by atoms with E-state index in [9.17, 15) is 9.59 Å². The summed E-state index contributed by atoms with van der Waals surface area (Å²) >= 11 is 5.77. The van der Waals surface area contributed by atoms with E-state index < -0.39 is 0 Å². The monoisotopic (exact) mass is 364 g/mol. The molecule has 0 atom stereocenters. The molecular weight excluding hydrogens is 352 g/mol. The van der Waals surface area contributed by atoms with E-state index in [-0.39, 0.29) is 0 Å². The molecule has 0 aliphatic heterocycles. The zero-order valence-electron chi connectivity index (χ0n) is 13.5. The van der Waals surface area contributed by atoms with Crippen molar-refractivity contribution < 1.29 is 14.3 Å². The van der Waals surface area contributed by atoms with Crippen LogP contribution in [0.5, 0.6) is 11.5 Å². The average Bonchev–Trinajstić information content (AvgIpc) is 2.67. The molecule has 3 aromatic carbocycles. The molecule has 6 heteroatoms. The number of hydrogen-bond donors (Lipinski definition) is 0. The number of para-hydroxylation sites is 1. The maximum absolute atomic E-state index is 10.0. The van der Waals surface area contributed by atoms with E-state index in [1.807, 2.05) is 18.2 Å². The lowest BCUT2D eigenvalue weighted by Gasteiger charge is -2.05. The average molecular weight is 365 g/mol. The standard InChI is InChI=1S/C13H8ClNO2.C7H5NO/c14-10-1-5-12(6-2-10)17-13-7-3-11(4-8-13)15-9-16;9-6-8-7-4-2-1-3-5-7/h1-8H;1-5H. The molecule has 0 N–H and O–H groups in total. The Morgan fingerprint density at radius 2 is 1.12 bits per heavy atom. The Morgan fingerprint density at radius 1 is 0.654 bits per heavy atom. The van der Waals surface area contributed by atoms with Crippen LogP contribution in [0.15, 0.2) is 88.8 Å². The predicted molar refractivity (Wildman–Crippen MR) is 100.0 cm³/mol. The summed E-state index contributed by atoms with van der Waals surface area (Å²) < 4.78 is 5.57. The minimum atomic E-state index is 0.545. The summed E-state index contributed by atoms with van der Waals surface area (Å²) in [5.41, 5.74) is 1.19. The topological polar surface area (TPSA) is 68.1 Å². The molecule has 5 nitrogen and oxygen atoms in total. The Kier molecular flexibility index (Phi) is 7.53. The van der Waals surface area contributed by atoms with Crippen LogP contribution in [0, 0.1) is 0 Å². The smallest absolute Gasteiger partial charge is 0.240 e. The predicted octanol–water partition coefficient (Wildman–Crippen LogP) is 5.75. The van der Waals surface area contributed by atoms with Crippen molar-refractivity contribution in [2.75, 3.05) is 0 Å². The van der Waals surface area contributed by atoms with Crippen molar-refractivity contribution in [2.24, 2.45) is 9.98 Å². The molecule has 3 aromatic rings. The quantitative estimate of drug-likeness (QED) is 0.437. The third-order valence-electron chi connectivity index (χ3n) is 2.99. The first-order valence-electron chi connectivity index (χ1n) is 7.45. The Balaban J connectivity index is 0.000000228. The molecule has 0 radical (unpaired) electrons. The van der Waals surface area contributed by atoms with E-state index in [0.717, 1.165) is 0 Å². The van der Waals surface area contributed by atoms with Crippen molar-refractivity contribution in [2.45, 2.75) is 0 Å². The SMILES string of the molecule is O=C=Nc1ccc(Oc2ccc(Cl)cc2)cc1.O=C=Nc1ccccc1. The van der Waals surface area contributed by atoms with Crippen LogP contribution in [0.3, 0.4) is 0 Å². The fourth-order valence-corrected chi connectivity index (χ4v) is 1.96. The van der Waals surface area contributed by atoms with Crippen LogP contribution < -0.4 is 4.74 Å². The highest BCUT2D eigenvalue weighted by atomic mass is 35.5. The lowest BCUT2D eigenvalue weighted by atomic mass is 10.3. The molecule has 26 heavy (non-hydrogen) atoms. The van der Waals surface area contributed by atoms with Crippen molar-refractivity contribution in [1.29, 1.82) is 0 Å².